The van der Waals surface area contributed by atoms with Crippen molar-refractivity contribution in [3.8, 4) is 0 Å². The predicted molar refractivity (Wildman–Crippen MR) is 60.6 cm³/mol. The largest absolute Gasteiger partial charge is 0.371 e. The zero-order valence-corrected chi connectivity index (χ0v) is 8.92. The summed E-state index contributed by atoms with van der Waals surface area (Å²) < 4.78 is 0. The zero-order valence-electron chi connectivity index (χ0n) is 8.92. The maximum Gasteiger partial charge on any atom is 0.243 e. The Hall–Kier alpha value is -1.51. The van der Waals surface area contributed by atoms with Crippen LogP contribution in [0, 0.1) is 6.92 Å². The second kappa shape index (κ2) is 3.57. The Morgan fingerprint density at radius 3 is 2.53 bits per heavy atom. The molecule has 1 saturated carbocycles. The fourth-order valence-corrected chi connectivity index (χ4v) is 1.93. The van der Waals surface area contributed by atoms with Crippen LogP contribution in [0.25, 0.3) is 0 Å². The summed E-state index contributed by atoms with van der Waals surface area (Å²) in [6.07, 6.45) is 2.76. The van der Waals surface area contributed by atoms with Gasteiger partial charge < -0.3 is 11.1 Å². The lowest BCUT2D eigenvalue weighted by molar-refractivity contribution is -0.124. The van der Waals surface area contributed by atoms with E-state index in [9.17, 15) is 4.79 Å². The SMILES string of the molecule is Cc1ccccc1NC1(C(N)=O)CCC1. The van der Waals surface area contributed by atoms with Crippen LogP contribution in [-0.4, -0.2) is 11.4 Å². The third-order valence-electron chi connectivity index (χ3n) is 3.20. The number of para-hydroxylation sites is 1. The van der Waals surface area contributed by atoms with Crippen molar-refractivity contribution in [3.63, 3.8) is 0 Å². The molecule has 15 heavy (non-hydrogen) atoms. The third-order valence-corrected chi connectivity index (χ3v) is 3.20. The van der Waals surface area contributed by atoms with Crippen LogP contribution < -0.4 is 11.1 Å². The van der Waals surface area contributed by atoms with E-state index in [2.05, 4.69) is 5.32 Å². The number of aryl methyl sites for hydroxylation is 1. The lowest BCUT2D eigenvalue weighted by atomic mass is 9.76. The van der Waals surface area contributed by atoms with Crippen molar-refractivity contribution in [3.05, 3.63) is 29.8 Å². The van der Waals surface area contributed by atoms with Crippen molar-refractivity contribution in [1.82, 2.24) is 0 Å². The average Bonchev–Trinajstić information content (AvgIpc) is 2.13. The number of nitrogens with one attached hydrogen (secondary N) is 1. The third kappa shape index (κ3) is 1.69. The summed E-state index contributed by atoms with van der Waals surface area (Å²) in [5.41, 5.74) is 7.09. The molecule has 3 N–H and O–H groups in total. The molecular weight excluding hydrogens is 188 g/mol. The van der Waals surface area contributed by atoms with Crippen molar-refractivity contribution in [2.45, 2.75) is 31.7 Å². The van der Waals surface area contributed by atoms with Crippen molar-refractivity contribution in [2.24, 2.45) is 5.73 Å². The van der Waals surface area contributed by atoms with Crippen LogP contribution in [0.2, 0.25) is 0 Å². The lowest BCUT2D eigenvalue weighted by Crippen LogP contribution is -2.55. The molecule has 0 radical (unpaired) electrons. The van der Waals surface area contributed by atoms with Crippen molar-refractivity contribution in [2.75, 3.05) is 5.32 Å². The smallest absolute Gasteiger partial charge is 0.243 e. The Kier molecular flexibility index (Phi) is 2.39. The first kappa shape index (κ1) is 10.0. The van der Waals surface area contributed by atoms with Gasteiger partial charge >= 0.3 is 0 Å². The number of hydrogen-bond acceptors (Lipinski definition) is 2. The minimum absolute atomic E-state index is 0.239. The molecule has 0 saturated heterocycles. The van der Waals surface area contributed by atoms with Gasteiger partial charge in [-0.15, -0.1) is 0 Å². The molecule has 0 bridgehead atoms. The van der Waals surface area contributed by atoms with E-state index >= 15 is 0 Å². The van der Waals surface area contributed by atoms with Crippen molar-refractivity contribution >= 4 is 11.6 Å². The van der Waals surface area contributed by atoms with Gasteiger partial charge in [-0.05, 0) is 37.8 Å². The quantitative estimate of drug-likeness (QED) is 0.789. The number of benzene rings is 1. The summed E-state index contributed by atoms with van der Waals surface area (Å²) in [5, 5.41) is 3.29. The van der Waals surface area contributed by atoms with Crippen LogP contribution in [0.4, 0.5) is 5.69 Å². The highest BCUT2D eigenvalue weighted by Crippen LogP contribution is 2.35. The van der Waals surface area contributed by atoms with Gasteiger partial charge in [0, 0.05) is 5.69 Å². The first-order valence-corrected chi connectivity index (χ1v) is 5.28. The second-order valence-electron chi connectivity index (χ2n) is 4.24. The van der Waals surface area contributed by atoms with Gasteiger partial charge in [-0.3, -0.25) is 4.79 Å². The van der Waals surface area contributed by atoms with E-state index in [0.29, 0.717) is 0 Å². The van der Waals surface area contributed by atoms with Crippen LogP contribution >= 0.6 is 0 Å². The van der Waals surface area contributed by atoms with E-state index < -0.39 is 5.54 Å². The summed E-state index contributed by atoms with van der Waals surface area (Å²) >= 11 is 0. The molecule has 0 aromatic heterocycles. The summed E-state index contributed by atoms with van der Waals surface area (Å²) in [6, 6.07) is 7.95. The van der Waals surface area contributed by atoms with Gasteiger partial charge in [0.2, 0.25) is 5.91 Å². The molecule has 0 atom stereocenters. The lowest BCUT2D eigenvalue weighted by Gasteiger charge is -2.40. The maximum atomic E-state index is 11.4. The monoisotopic (exact) mass is 204 g/mol. The maximum absolute atomic E-state index is 11.4. The number of primary amides is 1. The normalized spacial score (nSPS) is 17.9. The van der Waals surface area contributed by atoms with Crippen LogP contribution in [0.15, 0.2) is 24.3 Å². The molecule has 0 aliphatic heterocycles. The van der Waals surface area contributed by atoms with Gasteiger partial charge in [0.1, 0.15) is 5.54 Å². The Morgan fingerprint density at radius 1 is 1.40 bits per heavy atom. The summed E-state index contributed by atoms with van der Waals surface area (Å²) in [7, 11) is 0. The molecule has 1 amide bonds. The van der Waals surface area contributed by atoms with E-state index in [1.165, 1.54) is 0 Å². The van der Waals surface area contributed by atoms with E-state index in [0.717, 1.165) is 30.5 Å². The molecule has 1 fully saturated rings. The summed E-state index contributed by atoms with van der Waals surface area (Å²) in [6.45, 7) is 2.02. The molecule has 3 heteroatoms. The van der Waals surface area contributed by atoms with E-state index in [4.69, 9.17) is 5.73 Å². The number of carbonyl (C=O) groups is 1. The Labute approximate surface area is 89.7 Å². The van der Waals surface area contributed by atoms with Crippen LogP contribution in [0.1, 0.15) is 24.8 Å². The molecule has 3 nitrogen and oxygen atoms in total. The van der Waals surface area contributed by atoms with E-state index in [1.807, 2.05) is 31.2 Å². The molecule has 0 unspecified atom stereocenters. The van der Waals surface area contributed by atoms with Gasteiger partial charge in [-0.2, -0.15) is 0 Å². The molecule has 0 spiro atoms. The van der Waals surface area contributed by atoms with Crippen molar-refractivity contribution in [1.29, 1.82) is 0 Å². The van der Waals surface area contributed by atoms with Gasteiger partial charge in [0.05, 0.1) is 0 Å². The number of anilines is 1. The van der Waals surface area contributed by atoms with Gasteiger partial charge in [0.25, 0.3) is 0 Å². The fourth-order valence-electron chi connectivity index (χ4n) is 1.93. The van der Waals surface area contributed by atoms with E-state index in [-0.39, 0.29) is 5.91 Å². The number of carbonyl (C=O) groups excluding carboxylic acids is 1. The summed E-state index contributed by atoms with van der Waals surface area (Å²) in [5.74, 6) is -0.239. The van der Waals surface area contributed by atoms with Crippen LogP contribution in [0.5, 0.6) is 0 Å². The number of hydrogen-bond donors (Lipinski definition) is 2. The van der Waals surface area contributed by atoms with Gasteiger partial charge in [-0.25, -0.2) is 0 Å². The Morgan fingerprint density at radius 2 is 2.07 bits per heavy atom. The highest BCUT2D eigenvalue weighted by atomic mass is 16.1. The standard InChI is InChI=1S/C12H16N2O/c1-9-5-2-3-6-10(9)14-12(11(13)15)7-4-8-12/h2-3,5-6,14H,4,7-8H2,1H3,(H2,13,15). The number of amides is 1. The molecule has 0 heterocycles. The second-order valence-corrected chi connectivity index (χ2v) is 4.24. The fraction of sp³-hybridized carbons (Fsp3) is 0.417. The number of rotatable bonds is 3. The predicted octanol–water partition coefficient (Wildman–Crippen LogP) is 1.81. The molecule has 1 aromatic carbocycles. The van der Waals surface area contributed by atoms with E-state index in [1.54, 1.807) is 0 Å². The highest BCUT2D eigenvalue weighted by molar-refractivity contribution is 5.89. The van der Waals surface area contributed by atoms with Gasteiger partial charge in [0.15, 0.2) is 0 Å². The topological polar surface area (TPSA) is 55.1 Å². The average molecular weight is 204 g/mol. The number of nitrogens with two attached hydrogens (primary N) is 1. The van der Waals surface area contributed by atoms with Crippen LogP contribution in [-0.2, 0) is 4.79 Å². The first-order chi connectivity index (χ1) is 7.14. The van der Waals surface area contributed by atoms with Crippen LogP contribution in [0.3, 0.4) is 0 Å². The molecule has 1 aliphatic carbocycles. The molecule has 2 rings (SSSR count). The highest BCUT2D eigenvalue weighted by Gasteiger charge is 2.42. The molecule has 1 aliphatic rings. The molecule has 80 valence electrons. The molecule has 1 aromatic rings. The minimum atomic E-state index is -0.494. The summed E-state index contributed by atoms with van der Waals surface area (Å²) in [4.78, 5) is 11.4. The Balaban J connectivity index is 2.21. The van der Waals surface area contributed by atoms with Crippen molar-refractivity contribution < 1.29 is 4.79 Å². The van der Waals surface area contributed by atoms with Gasteiger partial charge in [-0.1, -0.05) is 18.2 Å². The minimum Gasteiger partial charge on any atom is -0.371 e. The molecular formula is C12H16N2O. The zero-order chi connectivity index (χ0) is 10.9. The Bertz CT molecular complexity index is 383. The first-order valence-electron chi connectivity index (χ1n) is 5.28.